The zero-order valence-electron chi connectivity index (χ0n) is 29.5. The van der Waals surface area contributed by atoms with Crippen LogP contribution in [-0.2, 0) is 29.7 Å². The number of nitrogens with one attached hydrogen (secondary N) is 1. The second-order valence-corrected chi connectivity index (χ2v) is 15.7. The van der Waals surface area contributed by atoms with E-state index in [1.807, 2.05) is 48.7 Å². The number of pyridine rings is 1. The van der Waals surface area contributed by atoms with Gasteiger partial charge in [-0.1, -0.05) is 67.4 Å². The first-order valence-corrected chi connectivity index (χ1v) is 18.7. The molecule has 1 fully saturated rings. The number of hydrogen-bond donors (Lipinski definition) is 2. The van der Waals surface area contributed by atoms with Crippen molar-refractivity contribution in [2.24, 2.45) is 11.8 Å². The van der Waals surface area contributed by atoms with Crippen molar-refractivity contribution in [2.45, 2.75) is 102 Å². The molecule has 1 saturated carbocycles. The van der Waals surface area contributed by atoms with Crippen LogP contribution in [0.2, 0.25) is 5.02 Å². The van der Waals surface area contributed by atoms with Crippen LogP contribution in [0, 0.1) is 18.8 Å². The van der Waals surface area contributed by atoms with Crippen LogP contribution >= 0.6 is 11.6 Å². The fourth-order valence-corrected chi connectivity index (χ4v) is 9.23. The maximum absolute atomic E-state index is 13.0. The molecule has 4 aromatic rings. The lowest BCUT2D eigenvalue weighted by Crippen LogP contribution is -2.53. The standard InChI is InChI=1S/C43H49ClN2O4/c1-28-10-14-36(15-11-28)49-27-31-12-13-32-24-33(22-29(2)26-50-39-16-21-45-38-9-4-6-30(3)40(38)39)42(37(32)23-31)17-19-43(20-18-42,41(47)48)46-35-8-5-7-34(44)25-35/h5,7-8,10-16,21,23,25,29-30,33,46H,4,6,9,17-20,22,24,26-27H2,1-3H3,(H,47,48)/t29-,30-,33?,42?,43?/m1/s1. The van der Waals surface area contributed by atoms with E-state index in [-0.39, 0.29) is 5.41 Å². The molecule has 2 N–H and O–H groups in total. The predicted molar refractivity (Wildman–Crippen MR) is 200 cm³/mol. The van der Waals surface area contributed by atoms with Gasteiger partial charge in [0, 0.05) is 28.2 Å². The van der Waals surface area contributed by atoms with Crippen LogP contribution in [0.5, 0.6) is 11.5 Å². The minimum atomic E-state index is -1.05. The van der Waals surface area contributed by atoms with Crippen LogP contribution < -0.4 is 14.8 Å². The Morgan fingerprint density at radius 3 is 2.60 bits per heavy atom. The second kappa shape index (κ2) is 14.3. The molecule has 0 radical (unpaired) electrons. The van der Waals surface area contributed by atoms with E-state index in [1.165, 1.54) is 40.8 Å². The van der Waals surface area contributed by atoms with E-state index >= 15 is 0 Å². The van der Waals surface area contributed by atoms with Gasteiger partial charge in [-0.3, -0.25) is 4.98 Å². The molecule has 6 nitrogen and oxygen atoms in total. The summed E-state index contributed by atoms with van der Waals surface area (Å²) in [5.74, 6) is 2.22. The first kappa shape index (κ1) is 34.4. The Hall–Kier alpha value is -4.03. The Morgan fingerprint density at radius 1 is 1.04 bits per heavy atom. The van der Waals surface area contributed by atoms with E-state index in [2.05, 4.69) is 61.4 Å². The number of benzene rings is 3. The number of rotatable bonds is 11. The second-order valence-electron chi connectivity index (χ2n) is 15.3. The van der Waals surface area contributed by atoms with Crippen molar-refractivity contribution >= 4 is 23.3 Å². The summed E-state index contributed by atoms with van der Waals surface area (Å²) >= 11 is 6.29. The zero-order valence-corrected chi connectivity index (χ0v) is 30.3. The molecular weight excluding hydrogens is 644 g/mol. The molecule has 1 spiro atoms. The molecule has 50 heavy (non-hydrogen) atoms. The Balaban J connectivity index is 1.13. The minimum Gasteiger partial charge on any atom is -0.493 e. The van der Waals surface area contributed by atoms with Crippen molar-refractivity contribution in [3.8, 4) is 11.5 Å². The van der Waals surface area contributed by atoms with Gasteiger partial charge in [0.2, 0.25) is 0 Å². The Labute approximate surface area is 301 Å². The molecule has 7 rings (SSSR count). The van der Waals surface area contributed by atoms with Gasteiger partial charge >= 0.3 is 5.97 Å². The molecule has 1 unspecified atom stereocenters. The van der Waals surface area contributed by atoms with E-state index in [9.17, 15) is 9.90 Å². The normalized spacial score (nSPS) is 24.6. The monoisotopic (exact) mass is 692 g/mol. The van der Waals surface area contributed by atoms with Crippen LogP contribution in [-0.4, -0.2) is 28.2 Å². The highest BCUT2D eigenvalue weighted by molar-refractivity contribution is 6.30. The molecule has 1 heterocycles. The molecule has 3 aliphatic rings. The summed E-state index contributed by atoms with van der Waals surface area (Å²) in [7, 11) is 0. The number of aromatic nitrogens is 1. The summed E-state index contributed by atoms with van der Waals surface area (Å²) in [5, 5.41) is 14.6. The topological polar surface area (TPSA) is 80.7 Å². The number of carboxylic acids is 1. The maximum Gasteiger partial charge on any atom is 0.329 e. The Bertz CT molecular complexity index is 1830. The summed E-state index contributed by atoms with van der Waals surface area (Å²) in [4.78, 5) is 17.7. The lowest BCUT2D eigenvalue weighted by molar-refractivity contribution is -0.144. The van der Waals surface area contributed by atoms with Gasteiger partial charge in [0.1, 0.15) is 23.6 Å². The number of fused-ring (bicyclic) bond motifs is 3. The van der Waals surface area contributed by atoms with Gasteiger partial charge < -0.3 is 19.9 Å². The fraction of sp³-hybridized carbons (Fsp3) is 0.442. The molecule has 3 atom stereocenters. The van der Waals surface area contributed by atoms with E-state index < -0.39 is 11.5 Å². The van der Waals surface area contributed by atoms with Gasteiger partial charge in [-0.25, -0.2) is 4.79 Å². The lowest BCUT2D eigenvalue weighted by Gasteiger charge is -2.47. The van der Waals surface area contributed by atoms with Crippen LogP contribution in [0.15, 0.2) is 79.0 Å². The number of anilines is 1. The van der Waals surface area contributed by atoms with E-state index in [0.717, 1.165) is 54.9 Å². The maximum atomic E-state index is 13.0. The Kier molecular flexibility index (Phi) is 9.85. The summed E-state index contributed by atoms with van der Waals surface area (Å²) < 4.78 is 12.8. The summed E-state index contributed by atoms with van der Waals surface area (Å²) in [5.41, 5.74) is 7.15. The van der Waals surface area contributed by atoms with Crippen LogP contribution in [0.4, 0.5) is 5.69 Å². The summed E-state index contributed by atoms with van der Waals surface area (Å²) in [6.07, 6.45) is 9.91. The smallest absolute Gasteiger partial charge is 0.329 e. The first-order chi connectivity index (χ1) is 24.1. The number of carboxylic acid groups (broad SMARTS) is 1. The average molecular weight is 693 g/mol. The van der Waals surface area contributed by atoms with E-state index in [0.29, 0.717) is 48.8 Å². The molecule has 3 aromatic carbocycles. The number of carbonyl (C=O) groups is 1. The SMILES string of the molecule is Cc1ccc(OCc2ccc3c(c2)C2(CCC(Nc4cccc(Cl)c4)(C(=O)O)CC2)C(C[C@@H](C)COc2ccnc4c2[C@H](C)CCC4)C3)cc1. The third kappa shape index (κ3) is 6.96. The van der Waals surface area contributed by atoms with Gasteiger partial charge in [-0.15, -0.1) is 0 Å². The molecule has 0 aliphatic heterocycles. The third-order valence-corrected chi connectivity index (χ3v) is 12.0. The number of nitrogens with zero attached hydrogens (tertiary/aromatic N) is 1. The minimum absolute atomic E-state index is 0.122. The van der Waals surface area contributed by atoms with Crippen molar-refractivity contribution in [2.75, 3.05) is 11.9 Å². The Morgan fingerprint density at radius 2 is 1.84 bits per heavy atom. The molecule has 262 valence electrons. The van der Waals surface area contributed by atoms with Crippen molar-refractivity contribution in [1.29, 1.82) is 0 Å². The van der Waals surface area contributed by atoms with Gasteiger partial charge in [0.05, 0.1) is 6.61 Å². The summed E-state index contributed by atoms with van der Waals surface area (Å²) in [6, 6.07) is 24.5. The molecular formula is C43H49ClN2O4. The predicted octanol–water partition coefficient (Wildman–Crippen LogP) is 10.1. The van der Waals surface area contributed by atoms with Gasteiger partial charge in [-0.05, 0) is 141 Å². The van der Waals surface area contributed by atoms with Gasteiger partial charge in [0.15, 0.2) is 0 Å². The van der Waals surface area contributed by atoms with Crippen LogP contribution in [0.25, 0.3) is 0 Å². The van der Waals surface area contributed by atoms with E-state index in [1.54, 1.807) is 0 Å². The number of aliphatic carboxylic acids is 1. The van der Waals surface area contributed by atoms with Crippen molar-refractivity contribution < 1.29 is 19.4 Å². The van der Waals surface area contributed by atoms with Crippen molar-refractivity contribution in [1.82, 2.24) is 4.98 Å². The highest BCUT2D eigenvalue weighted by Gasteiger charge is 2.54. The molecule has 0 bridgehead atoms. The molecule has 0 saturated heterocycles. The largest absolute Gasteiger partial charge is 0.493 e. The highest BCUT2D eigenvalue weighted by Crippen LogP contribution is 2.56. The molecule has 3 aliphatic carbocycles. The highest BCUT2D eigenvalue weighted by atomic mass is 35.5. The van der Waals surface area contributed by atoms with Crippen LogP contribution in [0.1, 0.15) is 98.2 Å². The van der Waals surface area contributed by atoms with E-state index in [4.69, 9.17) is 21.1 Å². The van der Waals surface area contributed by atoms with Gasteiger partial charge in [-0.2, -0.15) is 0 Å². The molecule has 0 amide bonds. The lowest BCUT2D eigenvalue weighted by atomic mass is 9.59. The third-order valence-electron chi connectivity index (χ3n) is 11.8. The van der Waals surface area contributed by atoms with Crippen LogP contribution in [0.3, 0.4) is 0 Å². The van der Waals surface area contributed by atoms with Gasteiger partial charge in [0.25, 0.3) is 0 Å². The van der Waals surface area contributed by atoms with Crippen molar-refractivity contribution in [3.63, 3.8) is 0 Å². The average Bonchev–Trinajstić information content (AvgIpc) is 3.39. The number of hydrogen-bond acceptors (Lipinski definition) is 5. The number of halogens is 1. The summed E-state index contributed by atoms with van der Waals surface area (Å²) in [6.45, 7) is 7.81. The quantitative estimate of drug-likeness (QED) is 0.163. The molecule has 7 heteroatoms. The first-order valence-electron chi connectivity index (χ1n) is 18.3. The number of aryl methyl sites for hydroxylation is 2. The van der Waals surface area contributed by atoms with Crippen molar-refractivity contribution in [3.05, 3.63) is 118 Å². The fourth-order valence-electron chi connectivity index (χ4n) is 9.04. The number of ether oxygens (including phenoxy) is 2. The molecule has 1 aromatic heterocycles. The zero-order chi connectivity index (χ0) is 34.9.